The fourth-order valence-corrected chi connectivity index (χ4v) is 3.93. The quantitative estimate of drug-likeness (QED) is 0.755. The molecule has 2 amide bonds. The van der Waals surface area contributed by atoms with Crippen molar-refractivity contribution in [3.63, 3.8) is 0 Å². The summed E-state index contributed by atoms with van der Waals surface area (Å²) in [4.78, 5) is 26.2. The monoisotopic (exact) mass is 344 g/mol. The van der Waals surface area contributed by atoms with Crippen LogP contribution in [0.2, 0.25) is 0 Å². The van der Waals surface area contributed by atoms with Crippen molar-refractivity contribution in [2.24, 2.45) is 11.7 Å². The number of carbonyl (C=O) groups is 2. The van der Waals surface area contributed by atoms with Crippen molar-refractivity contribution < 1.29 is 9.59 Å². The van der Waals surface area contributed by atoms with Crippen molar-refractivity contribution in [3.8, 4) is 0 Å². The smallest absolute Gasteiger partial charge is 0.234 e. The van der Waals surface area contributed by atoms with Gasteiger partial charge in [0.15, 0.2) is 0 Å². The summed E-state index contributed by atoms with van der Waals surface area (Å²) in [6.45, 7) is 4.58. The third kappa shape index (κ3) is 4.58. The van der Waals surface area contributed by atoms with Gasteiger partial charge in [-0.1, -0.05) is 12.1 Å². The minimum Gasteiger partial charge on any atom is -0.368 e. The average molecular weight is 344 g/mol. The van der Waals surface area contributed by atoms with Gasteiger partial charge in [0.05, 0.1) is 6.04 Å². The number of nitrogens with one attached hydrogen (secondary N) is 2. The first-order chi connectivity index (χ1) is 12.0. The van der Waals surface area contributed by atoms with E-state index in [1.807, 2.05) is 24.3 Å². The molecule has 0 aromatic heterocycles. The SMILES string of the molecule is C[C@H]1C[C@@H](C(=O)Nc2cccc(CN3CCCC3C(N)=O)c2)CCN1. The van der Waals surface area contributed by atoms with Crippen LogP contribution < -0.4 is 16.4 Å². The van der Waals surface area contributed by atoms with E-state index in [9.17, 15) is 9.59 Å². The van der Waals surface area contributed by atoms with Gasteiger partial charge in [0.25, 0.3) is 0 Å². The Hall–Kier alpha value is -1.92. The van der Waals surface area contributed by atoms with Gasteiger partial charge < -0.3 is 16.4 Å². The number of carbonyl (C=O) groups excluding carboxylic acids is 2. The first-order valence-corrected chi connectivity index (χ1v) is 9.19. The molecule has 0 radical (unpaired) electrons. The molecule has 0 aliphatic carbocycles. The molecule has 2 fully saturated rings. The lowest BCUT2D eigenvalue weighted by Gasteiger charge is -2.27. The second kappa shape index (κ2) is 7.97. The van der Waals surface area contributed by atoms with Crippen molar-refractivity contribution in [2.75, 3.05) is 18.4 Å². The molecule has 2 saturated heterocycles. The first kappa shape index (κ1) is 17.9. The van der Waals surface area contributed by atoms with E-state index in [4.69, 9.17) is 5.73 Å². The number of hydrogen-bond donors (Lipinski definition) is 3. The second-order valence-electron chi connectivity index (χ2n) is 7.30. The zero-order chi connectivity index (χ0) is 17.8. The van der Waals surface area contributed by atoms with Gasteiger partial charge in [-0.05, 0) is 63.4 Å². The van der Waals surface area contributed by atoms with Crippen LogP contribution in [0.4, 0.5) is 5.69 Å². The molecule has 1 aromatic carbocycles. The summed E-state index contributed by atoms with van der Waals surface area (Å²) in [5.74, 6) is -0.0820. The predicted molar refractivity (Wildman–Crippen MR) is 97.9 cm³/mol. The fraction of sp³-hybridized carbons (Fsp3) is 0.579. The van der Waals surface area contributed by atoms with E-state index in [1.54, 1.807) is 0 Å². The number of anilines is 1. The third-order valence-corrected chi connectivity index (χ3v) is 5.27. The number of nitrogens with two attached hydrogens (primary N) is 1. The Morgan fingerprint density at radius 3 is 2.96 bits per heavy atom. The Morgan fingerprint density at radius 1 is 1.36 bits per heavy atom. The topological polar surface area (TPSA) is 87.5 Å². The highest BCUT2D eigenvalue weighted by Crippen LogP contribution is 2.22. The molecule has 3 atom stereocenters. The Bertz CT molecular complexity index is 634. The summed E-state index contributed by atoms with van der Waals surface area (Å²) in [7, 11) is 0. The number of amides is 2. The maximum Gasteiger partial charge on any atom is 0.234 e. The van der Waals surface area contributed by atoms with Crippen LogP contribution in [-0.4, -0.2) is 41.9 Å². The van der Waals surface area contributed by atoms with Crippen molar-refractivity contribution in [1.29, 1.82) is 0 Å². The molecule has 4 N–H and O–H groups in total. The summed E-state index contributed by atoms with van der Waals surface area (Å²) in [6, 6.07) is 8.11. The maximum absolute atomic E-state index is 12.5. The lowest BCUT2D eigenvalue weighted by Crippen LogP contribution is -2.40. The Balaban J connectivity index is 1.61. The highest BCUT2D eigenvalue weighted by Gasteiger charge is 2.29. The number of nitrogens with zero attached hydrogens (tertiary/aromatic N) is 1. The summed E-state index contributed by atoms with van der Waals surface area (Å²) in [6.07, 6.45) is 3.58. The zero-order valence-corrected chi connectivity index (χ0v) is 14.8. The largest absolute Gasteiger partial charge is 0.368 e. The van der Waals surface area contributed by atoms with E-state index in [1.165, 1.54) is 0 Å². The molecule has 0 bridgehead atoms. The lowest BCUT2D eigenvalue weighted by atomic mass is 9.92. The first-order valence-electron chi connectivity index (χ1n) is 9.19. The van der Waals surface area contributed by atoms with E-state index in [-0.39, 0.29) is 23.8 Å². The minimum absolute atomic E-state index is 0.0673. The van der Waals surface area contributed by atoms with E-state index >= 15 is 0 Å². The molecule has 0 spiro atoms. The number of benzene rings is 1. The molecule has 6 nitrogen and oxygen atoms in total. The van der Waals surface area contributed by atoms with Crippen molar-refractivity contribution in [2.45, 2.75) is 51.2 Å². The van der Waals surface area contributed by atoms with Crippen LogP contribution in [-0.2, 0) is 16.1 Å². The third-order valence-electron chi connectivity index (χ3n) is 5.27. The number of rotatable bonds is 5. The normalized spacial score (nSPS) is 27.2. The number of likely N-dealkylation sites (tertiary alicyclic amines) is 1. The van der Waals surface area contributed by atoms with Gasteiger partial charge in [0.2, 0.25) is 11.8 Å². The van der Waals surface area contributed by atoms with Crippen molar-refractivity contribution in [3.05, 3.63) is 29.8 Å². The van der Waals surface area contributed by atoms with E-state index < -0.39 is 0 Å². The molecule has 2 aliphatic heterocycles. The van der Waals surface area contributed by atoms with Crippen molar-refractivity contribution >= 4 is 17.5 Å². The summed E-state index contributed by atoms with van der Waals surface area (Å²) < 4.78 is 0. The van der Waals surface area contributed by atoms with Crippen molar-refractivity contribution in [1.82, 2.24) is 10.2 Å². The van der Waals surface area contributed by atoms with E-state index in [0.717, 1.165) is 50.0 Å². The molecule has 3 rings (SSSR count). The van der Waals surface area contributed by atoms with Crippen LogP contribution in [0.25, 0.3) is 0 Å². The van der Waals surface area contributed by atoms with E-state index in [2.05, 4.69) is 22.5 Å². The molecule has 0 saturated carbocycles. The summed E-state index contributed by atoms with van der Waals surface area (Å²) in [5.41, 5.74) is 7.40. The summed E-state index contributed by atoms with van der Waals surface area (Å²) in [5, 5.41) is 6.42. The number of primary amides is 1. The number of hydrogen-bond acceptors (Lipinski definition) is 4. The lowest BCUT2D eigenvalue weighted by molar-refractivity contribution is -0.122. The van der Waals surface area contributed by atoms with Gasteiger partial charge in [0, 0.05) is 24.2 Å². The summed E-state index contributed by atoms with van der Waals surface area (Å²) >= 11 is 0. The minimum atomic E-state index is -0.248. The molecule has 25 heavy (non-hydrogen) atoms. The number of piperidine rings is 1. The highest BCUT2D eigenvalue weighted by atomic mass is 16.2. The van der Waals surface area contributed by atoms with Gasteiger partial charge in [-0.2, -0.15) is 0 Å². The van der Waals surface area contributed by atoms with Crippen LogP contribution in [0.15, 0.2) is 24.3 Å². The van der Waals surface area contributed by atoms with Gasteiger partial charge in [-0.3, -0.25) is 14.5 Å². The van der Waals surface area contributed by atoms with Crippen LogP contribution in [0.1, 0.15) is 38.2 Å². The Morgan fingerprint density at radius 2 is 2.20 bits per heavy atom. The highest BCUT2D eigenvalue weighted by molar-refractivity contribution is 5.92. The molecule has 1 aromatic rings. The van der Waals surface area contributed by atoms with Gasteiger partial charge in [-0.25, -0.2) is 0 Å². The molecule has 136 valence electrons. The second-order valence-corrected chi connectivity index (χ2v) is 7.30. The van der Waals surface area contributed by atoms with Crippen LogP contribution in [0.3, 0.4) is 0 Å². The predicted octanol–water partition coefficient (Wildman–Crippen LogP) is 1.46. The molecule has 6 heteroatoms. The van der Waals surface area contributed by atoms with Gasteiger partial charge in [0.1, 0.15) is 0 Å². The zero-order valence-electron chi connectivity index (χ0n) is 14.8. The molecule has 1 unspecified atom stereocenters. The van der Waals surface area contributed by atoms with Crippen LogP contribution in [0.5, 0.6) is 0 Å². The van der Waals surface area contributed by atoms with Crippen LogP contribution in [0, 0.1) is 5.92 Å². The Kier molecular flexibility index (Phi) is 5.71. The Labute approximate surface area is 149 Å². The molecule has 2 aliphatic rings. The maximum atomic E-state index is 12.5. The molecular formula is C19H28N4O2. The molecule has 2 heterocycles. The van der Waals surface area contributed by atoms with Crippen LogP contribution >= 0.6 is 0 Å². The van der Waals surface area contributed by atoms with E-state index in [0.29, 0.717) is 12.6 Å². The molecular weight excluding hydrogens is 316 g/mol. The average Bonchev–Trinajstić information content (AvgIpc) is 3.03. The standard InChI is InChI=1S/C19H28N4O2/c1-13-10-15(7-8-21-13)19(25)22-16-5-2-4-14(11-16)12-23-9-3-6-17(23)18(20)24/h2,4-5,11,13,15,17,21H,3,6-10,12H2,1H3,(H2,20,24)(H,22,25)/t13-,15-,17?/m0/s1. The van der Waals surface area contributed by atoms with Gasteiger partial charge >= 0.3 is 0 Å². The fourth-order valence-electron chi connectivity index (χ4n) is 3.93. The van der Waals surface area contributed by atoms with Gasteiger partial charge in [-0.15, -0.1) is 0 Å².